The molecule has 0 fully saturated rings. The summed E-state index contributed by atoms with van der Waals surface area (Å²) in [7, 11) is 0. The van der Waals surface area contributed by atoms with Gasteiger partial charge < -0.3 is 5.32 Å². The summed E-state index contributed by atoms with van der Waals surface area (Å²) in [6.07, 6.45) is 4.15. The Balaban J connectivity index is 2.22. The van der Waals surface area contributed by atoms with Gasteiger partial charge in [-0.05, 0) is 31.0 Å². The number of carbonyl (C=O) groups excluding carboxylic acids is 2. The van der Waals surface area contributed by atoms with E-state index in [0.717, 1.165) is 12.0 Å². The van der Waals surface area contributed by atoms with E-state index in [2.05, 4.69) is 10.3 Å². The van der Waals surface area contributed by atoms with Crippen LogP contribution in [0.5, 0.6) is 0 Å². The largest absolute Gasteiger partial charge is 0.355 e. The minimum Gasteiger partial charge on any atom is -0.355 e. The van der Waals surface area contributed by atoms with Crippen LogP contribution in [0.15, 0.2) is 24.5 Å². The zero-order valence-corrected chi connectivity index (χ0v) is 8.69. The van der Waals surface area contributed by atoms with Gasteiger partial charge in [0.15, 0.2) is 0 Å². The van der Waals surface area contributed by atoms with Crippen molar-refractivity contribution < 1.29 is 9.59 Å². The summed E-state index contributed by atoms with van der Waals surface area (Å²) in [6.45, 7) is 1.96. The first-order valence-electron chi connectivity index (χ1n) is 4.83. The fraction of sp³-hybridized carbons (Fsp3) is 0.364. The molecule has 0 aliphatic heterocycles. The molecular formula is C11H14N2O2. The quantitative estimate of drug-likeness (QED) is 0.722. The number of aromatic nitrogens is 1. The number of ketones is 1. The van der Waals surface area contributed by atoms with Crippen LogP contribution in [0.25, 0.3) is 0 Å². The molecular weight excluding hydrogens is 192 g/mol. The predicted octanol–water partition coefficient (Wildman–Crippen LogP) is 0.719. The first-order chi connectivity index (χ1) is 7.18. The van der Waals surface area contributed by atoms with E-state index < -0.39 is 0 Å². The van der Waals surface area contributed by atoms with Crippen LogP contribution in [0.3, 0.4) is 0 Å². The van der Waals surface area contributed by atoms with Gasteiger partial charge in [0.25, 0.3) is 0 Å². The van der Waals surface area contributed by atoms with Crippen LogP contribution in [0.1, 0.15) is 18.9 Å². The van der Waals surface area contributed by atoms with Gasteiger partial charge in [-0.25, -0.2) is 0 Å². The molecule has 0 saturated heterocycles. The average molecular weight is 206 g/mol. The highest BCUT2D eigenvalue weighted by Crippen LogP contribution is 1.96. The SMILES string of the molecule is CC(=O)CC(=O)NCCc1ccncc1. The topological polar surface area (TPSA) is 59.1 Å². The molecule has 0 spiro atoms. The van der Waals surface area contributed by atoms with Gasteiger partial charge in [0.2, 0.25) is 5.91 Å². The van der Waals surface area contributed by atoms with Crippen molar-refractivity contribution in [3.8, 4) is 0 Å². The summed E-state index contributed by atoms with van der Waals surface area (Å²) in [5.74, 6) is -0.326. The Bertz CT molecular complexity index is 336. The first-order valence-corrected chi connectivity index (χ1v) is 4.83. The molecule has 1 heterocycles. The third-order valence-corrected chi connectivity index (χ3v) is 1.89. The lowest BCUT2D eigenvalue weighted by Gasteiger charge is -2.03. The summed E-state index contributed by atoms with van der Waals surface area (Å²) in [5.41, 5.74) is 1.12. The Hall–Kier alpha value is -1.71. The zero-order valence-electron chi connectivity index (χ0n) is 8.69. The van der Waals surface area contributed by atoms with Gasteiger partial charge in [-0.15, -0.1) is 0 Å². The number of Topliss-reactive ketones (excluding diaryl/α,β-unsaturated/α-hetero) is 1. The number of nitrogens with one attached hydrogen (secondary N) is 1. The Morgan fingerprint density at radius 2 is 2.00 bits per heavy atom. The van der Waals surface area contributed by atoms with Crippen molar-refractivity contribution in [1.82, 2.24) is 10.3 Å². The van der Waals surface area contributed by atoms with E-state index in [-0.39, 0.29) is 18.1 Å². The number of amides is 1. The first kappa shape index (κ1) is 11.4. The minimum absolute atomic E-state index is 0.0314. The number of pyridine rings is 1. The molecule has 0 saturated carbocycles. The number of rotatable bonds is 5. The molecule has 0 unspecified atom stereocenters. The van der Waals surface area contributed by atoms with E-state index in [1.807, 2.05) is 12.1 Å². The van der Waals surface area contributed by atoms with E-state index >= 15 is 0 Å². The van der Waals surface area contributed by atoms with Gasteiger partial charge in [0, 0.05) is 18.9 Å². The number of hydrogen-bond acceptors (Lipinski definition) is 3. The molecule has 1 aromatic rings. The van der Waals surface area contributed by atoms with Gasteiger partial charge >= 0.3 is 0 Å². The highest BCUT2D eigenvalue weighted by Gasteiger charge is 2.03. The second-order valence-electron chi connectivity index (χ2n) is 3.33. The second kappa shape index (κ2) is 5.90. The van der Waals surface area contributed by atoms with Gasteiger partial charge in [-0.3, -0.25) is 14.6 Å². The molecule has 1 rings (SSSR count). The Morgan fingerprint density at radius 1 is 1.33 bits per heavy atom. The van der Waals surface area contributed by atoms with Crippen molar-refractivity contribution in [3.05, 3.63) is 30.1 Å². The maximum Gasteiger partial charge on any atom is 0.227 e. The summed E-state index contributed by atoms with van der Waals surface area (Å²) < 4.78 is 0. The molecule has 0 aromatic carbocycles. The summed E-state index contributed by atoms with van der Waals surface area (Å²) in [5, 5.41) is 2.68. The third-order valence-electron chi connectivity index (χ3n) is 1.89. The van der Waals surface area contributed by atoms with Gasteiger partial charge in [-0.2, -0.15) is 0 Å². The lowest BCUT2D eigenvalue weighted by molar-refractivity contribution is -0.127. The van der Waals surface area contributed by atoms with Crippen LogP contribution < -0.4 is 5.32 Å². The van der Waals surface area contributed by atoms with Crippen LogP contribution in [0, 0.1) is 0 Å². The number of carbonyl (C=O) groups is 2. The molecule has 4 nitrogen and oxygen atoms in total. The van der Waals surface area contributed by atoms with Gasteiger partial charge in [-0.1, -0.05) is 0 Å². The molecule has 4 heteroatoms. The predicted molar refractivity (Wildman–Crippen MR) is 56.2 cm³/mol. The smallest absolute Gasteiger partial charge is 0.227 e. The van der Waals surface area contributed by atoms with Crippen molar-refractivity contribution in [2.75, 3.05) is 6.54 Å². The van der Waals surface area contributed by atoms with Crippen LogP contribution in [-0.4, -0.2) is 23.2 Å². The highest BCUT2D eigenvalue weighted by atomic mass is 16.2. The molecule has 80 valence electrons. The Morgan fingerprint density at radius 3 is 2.60 bits per heavy atom. The lowest BCUT2D eigenvalue weighted by atomic mass is 10.2. The van der Waals surface area contributed by atoms with E-state index in [0.29, 0.717) is 6.54 Å². The molecule has 0 bridgehead atoms. The zero-order chi connectivity index (χ0) is 11.1. The van der Waals surface area contributed by atoms with Crippen molar-refractivity contribution >= 4 is 11.7 Å². The molecule has 0 radical (unpaired) electrons. The van der Waals surface area contributed by atoms with E-state index in [1.165, 1.54) is 6.92 Å². The highest BCUT2D eigenvalue weighted by molar-refractivity contribution is 5.96. The van der Waals surface area contributed by atoms with Crippen molar-refractivity contribution in [1.29, 1.82) is 0 Å². The fourth-order valence-corrected chi connectivity index (χ4v) is 1.18. The van der Waals surface area contributed by atoms with E-state index in [4.69, 9.17) is 0 Å². The number of nitrogens with zero attached hydrogens (tertiary/aromatic N) is 1. The molecule has 15 heavy (non-hydrogen) atoms. The standard InChI is InChI=1S/C11H14N2O2/c1-9(14)8-11(15)13-7-4-10-2-5-12-6-3-10/h2-3,5-6H,4,7-8H2,1H3,(H,13,15). The van der Waals surface area contributed by atoms with Crippen molar-refractivity contribution in [2.45, 2.75) is 19.8 Å². The second-order valence-corrected chi connectivity index (χ2v) is 3.33. The van der Waals surface area contributed by atoms with Crippen LogP contribution in [0.2, 0.25) is 0 Å². The summed E-state index contributed by atoms with van der Waals surface area (Å²) in [4.78, 5) is 25.6. The third kappa shape index (κ3) is 4.90. The normalized spacial score (nSPS) is 9.67. The van der Waals surface area contributed by atoms with Crippen molar-refractivity contribution in [2.24, 2.45) is 0 Å². The van der Waals surface area contributed by atoms with Crippen molar-refractivity contribution in [3.63, 3.8) is 0 Å². The Labute approximate surface area is 88.7 Å². The van der Waals surface area contributed by atoms with E-state index in [1.54, 1.807) is 12.4 Å². The summed E-state index contributed by atoms with van der Waals surface area (Å²) >= 11 is 0. The van der Waals surface area contributed by atoms with E-state index in [9.17, 15) is 9.59 Å². The monoisotopic (exact) mass is 206 g/mol. The van der Waals surface area contributed by atoms with Crippen LogP contribution >= 0.6 is 0 Å². The lowest BCUT2D eigenvalue weighted by Crippen LogP contribution is -2.27. The van der Waals surface area contributed by atoms with Gasteiger partial charge in [0.1, 0.15) is 5.78 Å². The molecule has 1 aromatic heterocycles. The van der Waals surface area contributed by atoms with Crippen LogP contribution in [0.4, 0.5) is 0 Å². The molecule has 0 aliphatic carbocycles. The molecule has 0 atom stereocenters. The fourth-order valence-electron chi connectivity index (χ4n) is 1.18. The minimum atomic E-state index is -0.212. The Kier molecular flexibility index (Phi) is 4.47. The van der Waals surface area contributed by atoms with Crippen LogP contribution in [-0.2, 0) is 16.0 Å². The number of hydrogen-bond donors (Lipinski definition) is 1. The maximum atomic E-state index is 11.1. The molecule has 1 amide bonds. The molecule has 0 aliphatic rings. The average Bonchev–Trinajstić information content (AvgIpc) is 2.18. The molecule has 1 N–H and O–H groups in total. The van der Waals surface area contributed by atoms with Gasteiger partial charge in [0.05, 0.1) is 6.42 Å². The summed E-state index contributed by atoms with van der Waals surface area (Å²) in [6, 6.07) is 3.80. The maximum absolute atomic E-state index is 11.1.